The fourth-order valence-corrected chi connectivity index (χ4v) is 4.22. The van der Waals surface area contributed by atoms with E-state index in [9.17, 15) is 13.2 Å². The van der Waals surface area contributed by atoms with Crippen molar-refractivity contribution in [1.29, 1.82) is 0 Å². The number of amides is 1. The summed E-state index contributed by atoms with van der Waals surface area (Å²) in [5.41, 5.74) is 1.33. The molecule has 0 aliphatic heterocycles. The zero-order valence-corrected chi connectivity index (χ0v) is 16.7. The maximum absolute atomic E-state index is 13.1. The molecule has 0 radical (unpaired) electrons. The molecule has 0 aliphatic carbocycles. The third-order valence-corrected chi connectivity index (χ3v) is 6.11. The van der Waals surface area contributed by atoms with E-state index in [0.717, 1.165) is 5.56 Å². The molecule has 0 atom stereocenters. The van der Waals surface area contributed by atoms with E-state index in [-0.39, 0.29) is 16.8 Å². The molecule has 0 fully saturated rings. The number of methoxy groups -OCH3 is 1. The molecule has 7 heteroatoms. The highest BCUT2D eigenvalue weighted by atomic mass is 32.2. The van der Waals surface area contributed by atoms with E-state index in [1.807, 2.05) is 44.2 Å². The number of hydrogen-bond donors (Lipinski definition) is 1. The molecule has 2 rings (SSSR count). The average Bonchev–Trinajstić information content (AvgIpc) is 2.66. The van der Waals surface area contributed by atoms with Gasteiger partial charge in [0, 0.05) is 31.8 Å². The Morgan fingerprint density at radius 2 is 1.70 bits per heavy atom. The van der Waals surface area contributed by atoms with Crippen molar-refractivity contribution < 1.29 is 17.9 Å². The number of nitrogens with one attached hydrogen (secondary N) is 1. The van der Waals surface area contributed by atoms with Crippen LogP contribution >= 0.6 is 0 Å². The van der Waals surface area contributed by atoms with Gasteiger partial charge in [-0.25, -0.2) is 8.42 Å². The molecular weight excluding hydrogens is 364 g/mol. The molecule has 6 nitrogen and oxygen atoms in total. The van der Waals surface area contributed by atoms with Gasteiger partial charge in [0.1, 0.15) is 0 Å². The lowest BCUT2D eigenvalue weighted by Gasteiger charge is -2.26. The molecule has 0 aliphatic rings. The van der Waals surface area contributed by atoms with Crippen molar-refractivity contribution in [2.45, 2.75) is 31.3 Å². The largest absolute Gasteiger partial charge is 0.383 e. The topological polar surface area (TPSA) is 75.7 Å². The number of ether oxygens (including phenoxy) is 1. The van der Waals surface area contributed by atoms with Crippen LogP contribution < -0.4 is 5.32 Å². The van der Waals surface area contributed by atoms with Crippen LogP contribution in [0.2, 0.25) is 0 Å². The van der Waals surface area contributed by atoms with Crippen molar-refractivity contribution in [1.82, 2.24) is 9.62 Å². The normalized spacial score (nSPS) is 11.7. The summed E-state index contributed by atoms with van der Waals surface area (Å²) in [6, 6.07) is 15.3. The van der Waals surface area contributed by atoms with Crippen LogP contribution in [0.25, 0.3) is 0 Å². The minimum atomic E-state index is -3.68. The fraction of sp³-hybridized carbons (Fsp3) is 0.350. The second-order valence-electron chi connectivity index (χ2n) is 6.40. The van der Waals surface area contributed by atoms with Crippen molar-refractivity contribution >= 4 is 15.9 Å². The molecule has 0 spiro atoms. The molecule has 0 unspecified atom stereocenters. The molecule has 1 amide bonds. The van der Waals surface area contributed by atoms with Crippen molar-refractivity contribution in [3.63, 3.8) is 0 Å². The van der Waals surface area contributed by atoms with Gasteiger partial charge in [0.05, 0.1) is 11.5 Å². The molecular formula is C20H26N2O4S. The first-order valence-electron chi connectivity index (χ1n) is 8.79. The van der Waals surface area contributed by atoms with Gasteiger partial charge >= 0.3 is 0 Å². The lowest BCUT2D eigenvalue weighted by atomic mass is 10.2. The highest BCUT2D eigenvalue weighted by Gasteiger charge is 2.27. The molecule has 2 aromatic rings. The summed E-state index contributed by atoms with van der Waals surface area (Å²) < 4.78 is 32.5. The van der Waals surface area contributed by atoms with Crippen LogP contribution in [-0.4, -0.2) is 44.9 Å². The predicted molar refractivity (Wildman–Crippen MR) is 105 cm³/mol. The highest BCUT2D eigenvalue weighted by molar-refractivity contribution is 7.89. The Balaban J connectivity index is 2.19. The van der Waals surface area contributed by atoms with Crippen LogP contribution in [0.5, 0.6) is 0 Å². The second-order valence-corrected chi connectivity index (χ2v) is 8.29. The minimum Gasteiger partial charge on any atom is -0.383 e. The molecule has 146 valence electrons. The van der Waals surface area contributed by atoms with Gasteiger partial charge < -0.3 is 10.1 Å². The Bertz CT molecular complexity index is 834. The second kappa shape index (κ2) is 9.64. The summed E-state index contributed by atoms with van der Waals surface area (Å²) in [7, 11) is -2.12. The summed E-state index contributed by atoms with van der Waals surface area (Å²) in [6.07, 6.45) is 0. The number of rotatable bonds is 9. The first kappa shape index (κ1) is 21.1. The number of benzene rings is 2. The number of carbonyl (C=O) groups is 1. The zero-order chi connectivity index (χ0) is 19.9. The van der Waals surface area contributed by atoms with E-state index < -0.39 is 10.0 Å². The van der Waals surface area contributed by atoms with Crippen LogP contribution in [0, 0.1) is 0 Å². The lowest BCUT2D eigenvalue weighted by Crippen LogP contribution is -2.36. The van der Waals surface area contributed by atoms with Crippen molar-refractivity contribution in [2.75, 3.05) is 20.3 Å². The van der Waals surface area contributed by atoms with E-state index in [1.54, 1.807) is 7.11 Å². The van der Waals surface area contributed by atoms with E-state index in [0.29, 0.717) is 25.3 Å². The van der Waals surface area contributed by atoms with Gasteiger partial charge in [-0.15, -0.1) is 0 Å². The quantitative estimate of drug-likeness (QED) is 0.668. The minimum absolute atomic E-state index is 0.167. The van der Waals surface area contributed by atoms with Crippen LogP contribution in [-0.2, 0) is 21.3 Å². The van der Waals surface area contributed by atoms with Gasteiger partial charge in [0.25, 0.3) is 5.91 Å². The molecule has 0 saturated heterocycles. The smallest absolute Gasteiger partial charge is 0.251 e. The summed E-state index contributed by atoms with van der Waals surface area (Å²) in [5, 5.41) is 2.71. The summed E-state index contributed by atoms with van der Waals surface area (Å²) in [4.78, 5) is 12.2. The SMILES string of the molecule is COCCNC(=O)c1ccc(S(=O)(=O)N(Cc2ccccc2)C(C)C)cc1. The maximum Gasteiger partial charge on any atom is 0.251 e. The molecule has 0 bridgehead atoms. The predicted octanol–water partition coefficient (Wildman–Crippen LogP) is 2.66. The van der Waals surface area contributed by atoms with Gasteiger partial charge in [0.2, 0.25) is 10.0 Å². The first-order valence-corrected chi connectivity index (χ1v) is 10.2. The Hall–Kier alpha value is -2.22. The third kappa shape index (κ3) is 5.63. The van der Waals surface area contributed by atoms with Crippen LogP contribution in [0.3, 0.4) is 0 Å². The van der Waals surface area contributed by atoms with Crippen LogP contribution in [0.4, 0.5) is 0 Å². The summed E-state index contributed by atoms with van der Waals surface area (Å²) in [5.74, 6) is -0.263. The van der Waals surface area contributed by atoms with Gasteiger partial charge in [-0.05, 0) is 43.7 Å². The molecule has 1 N–H and O–H groups in total. The number of nitrogens with zero attached hydrogens (tertiary/aromatic N) is 1. The van der Waals surface area contributed by atoms with Gasteiger partial charge in [0.15, 0.2) is 0 Å². The lowest BCUT2D eigenvalue weighted by molar-refractivity contribution is 0.0937. The Labute approximate surface area is 161 Å². The van der Waals surface area contributed by atoms with E-state index >= 15 is 0 Å². The average molecular weight is 391 g/mol. The van der Waals surface area contributed by atoms with Crippen LogP contribution in [0.1, 0.15) is 29.8 Å². The highest BCUT2D eigenvalue weighted by Crippen LogP contribution is 2.21. The van der Waals surface area contributed by atoms with Crippen molar-refractivity contribution in [2.24, 2.45) is 0 Å². The van der Waals surface area contributed by atoms with Crippen molar-refractivity contribution in [3.8, 4) is 0 Å². The Morgan fingerprint density at radius 1 is 1.07 bits per heavy atom. The van der Waals surface area contributed by atoms with Crippen LogP contribution in [0.15, 0.2) is 59.5 Å². The fourth-order valence-electron chi connectivity index (χ4n) is 2.59. The van der Waals surface area contributed by atoms with Gasteiger partial charge in [-0.3, -0.25) is 4.79 Å². The zero-order valence-electron chi connectivity index (χ0n) is 15.9. The molecule has 2 aromatic carbocycles. The van der Waals surface area contributed by atoms with Gasteiger partial charge in [-0.1, -0.05) is 30.3 Å². The van der Waals surface area contributed by atoms with Gasteiger partial charge in [-0.2, -0.15) is 4.31 Å². The first-order chi connectivity index (χ1) is 12.9. The van der Waals surface area contributed by atoms with E-state index in [2.05, 4.69) is 5.32 Å². The number of hydrogen-bond acceptors (Lipinski definition) is 4. The molecule has 0 heterocycles. The molecule has 27 heavy (non-hydrogen) atoms. The number of sulfonamides is 1. The van der Waals surface area contributed by atoms with E-state index in [4.69, 9.17) is 4.74 Å². The molecule has 0 saturated carbocycles. The Kier molecular flexibility index (Phi) is 7.53. The standard InChI is InChI=1S/C20H26N2O4S/c1-16(2)22(15-17-7-5-4-6-8-17)27(24,25)19-11-9-18(10-12-19)20(23)21-13-14-26-3/h4-12,16H,13-15H2,1-3H3,(H,21,23). The monoisotopic (exact) mass is 390 g/mol. The third-order valence-electron chi connectivity index (χ3n) is 4.07. The number of carbonyl (C=O) groups excluding carboxylic acids is 1. The Morgan fingerprint density at radius 3 is 2.26 bits per heavy atom. The van der Waals surface area contributed by atoms with E-state index in [1.165, 1.54) is 28.6 Å². The molecule has 0 aromatic heterocycles. The summed E-state index contributed by atoms with van der Waals surface area (Å²) in [6.45, 7) is 4.80. The van der Waals surface area contributed by atoms with Crippen molar-refractivity contribution in [3.05, 3.63) is 65.7 Å². The summed E-state index contributed by atoms with van der Waals surface area (Å²) >= 11 is 0. The maximum atomic E-state index is 13.1.